The van der Waals surface area contributed by atoms with Gasteiger partial charge in [-0.3, -0.25) is 0 Å². The molecule has 0 radical (unpaired) electrons. The first-order valence-electron chi connectivity index (χ1n) is 6.78. The Kier molecular flexibility index (Phi) is 4.78. The van der Waals surface area contributed by atoms with Gasteiger partial charge in [0.15, 0.2) is 0 Å². The number of nitrogens with zero attached hydrogens (tertiary/aromatic N) is 1. The molecule has 0 fully saturated rings. The van der Waals surface area contributed by atoms with Crippen LogP contribution in [0.2, 0.25) is 0 Å². The van der Waals surface area contributed by atoms with Gasteiger partial charge in [-0.15, -0.1) is 11.3 Å². The average Bonchev–Trinajstić information content (AvgIpc) is 2.88. The monoisotopic (exact) mass is 290 g/mol. The lowest BCUT2D eigenvalue weighted by Crippen LogP contribution is -2.12. The fourth-order valence-corrected chi connectivity index (χ4v) is 2.91. The Morgan fingerprint density at radius 1 is 1.20 bits per heavy atom. The molecule has 0 atom stereocenters. The second kappa shape index (κ2) is 6.37. The number of hydrogen-bond donors (Lipinski definition) is 1. The van der Waals surface area contributed by atoms with Crippen LogP contribution in [0.25, 0.3) is 0 Å². The molecule has 0 bridgehead atoms. The third kappa shape index (κ3) is 4.05. The van der Waals surface area contributed by atoms with Gasteiger partial charge in [-0.1, -0.05) is 20.8 Å². The van der Waals surface area contributed by atoms with Gasteiger partial charge in [0.1, 0.15) is 0 Å². The Labute approximate surface area is 125 Å². The van der Waals surface area contributed by atoms with Crippen LogP contribution in [0.1, 0.15) is 36.1 Å². The van der Waals surface area contributed by atoms with Gasteiger partial charge in [-0.25, -0.2) is 4.98 Å². The van der Waals surface area contributed by atoms with Gasteiger partial charge in [0.25, 0.3) is 0 Å². The normalized spacial score (nSPS) is 11.6. The molecule has 108 valence electrons. The Morgan fingerprint density at radius 3 is 2.65 bits per heavy atom. The van der Waals surface area contributed by atoms with Crippen LogP contribution >= 0.6 is 11.3 Å². The highest BCUT2D eigenvalue weighted by atomic mass is 32.1. The van der Waals surface area contributed by atoms with Crippen LogP contribution in [0.15, 0.2) is 30.5 Å². The Balaban J connectivity index is 1.88. The molecule has 0 unspecified atom stereocenters. The van der Waals surface area contributed by atoms with Gasteiger partial charge >= 0.3 is 0 Å². The first kappa shape index (κ1) is 15.0. The number of hydrogen-bond acceptors (Lipinski definition) is 4. The topological polar surface area (TPSA) is 34.1 Å². The molecule has 0 spiro atoms. The first-order valence-corrected chi connectivity index (χ1v) is 7.59. The second-order valence-electron chi connectivity index (χ2n) is 5.83. The van der Waals surface area contributed by atoms with Gasteiger partial charge in [0.2, 0.25) is 5.88 Å². The lowest BCUT2D eigenvalue weighted by molar-refractivity contribution is 0.397. The van der Waals surface area contributed by atoms with E-state index in [2.05, 4.69) is 43.2 Å². The molecule has 0 aliphatic rings. The molecule has 2 aromatic rings. The zero-order chi connectivity index (χ0) is 14.6. The van der Waals surface area contributed by atoms with Gasteiger partial charge < -0.3 is 10.1 Å². The van der Waals surface area contributed by atoms with Crippen molar-refractivity contribution in [3.05, 3.63) is 45.8 Å². The fourth-order valence-electron chi connectivity index (χ4n) is 1.88. The summed E-state index contributed by atoms with van der Waals surface area (Å²) in [6.07, 6.45) is 1.78. The van der Waals surface area contributed by atoms with Crippen LogP contribution in [0, 0.1) is 0 Å². The first-order chi connectivity index (χ1) is 9.49. The zero-order valence-electron chi connectivity index (χ0n) is 12.6. The average molecular weight is 290 g/mol. The van der Waals surface area contributed by atoms with Crippen LogP contribution in [-0.4, -0.2) is 12.1 Å². The minimum atomic E-state index is 0.237. The molecule has 2 aromatic heterocycles. The Bertz CT molecular complexity index is 558. The fraction of sp³-hybridized carbons (Fsp3) is 0.438. The maximum atomic E-state index is 5.12. The van der Waals surface area contributed by atoms with Crippen molar-refractivity contribution in [2.45, 2.75) is 39.3 Å². The summed E-state index contributed by atoms with van der Waals surface area (Å²) in [7, 11) is 1.64. The number of rotatable bonds is 5. The summed E-state index contributed by atoms with van der Waals surface area (Å²) in [6.45, 7) is 8.46. The number of nitrogens with one attached hydrogen (secondary N) is 1. The van der Waals surface area contributed by atoms with E-state index in [1.807, 2.05) is 23.5 Å². The van der Waals surface area contributed by atoms with E-state index in [0.717, 1.165) is 13.1 Å². The van der Waals surface area contributed by atoms with Crippen molar-refractivity contribution in [2.24, 2.45) is 0 Å². The third-order valence-corrected chi connectivity index (χ3v) is 4.55. The summed E-state index contributed by atoms with van der Waals surface area (Å²) in [4.78, 5) is 6.91. The third-order valence-electron chi connectivity index (χ3n) is 3.04. The quantitative estimate of drug-likeness (QED) is 0.911. The molecule has 4 heteroatoms. The highest BCUT2D eigenvalue weighted by molar-refractivity contribution is 7.12. The van der Waals surface area contributed by atoms with Crippen LogP contribution in [-0.2, 0) is 18.5 Å². The van der Waals surface area contributed by atoms with E-state index < -0.39 is 0 Å². The zero-order valence-corrected chi connectivity index (χ0v) is 13.4. The highest BCUT2D eigenvalue weighted by Gasteiger charge is 2.15. The van der Waals surface area contributed by atoms with Crippen molar-refractivity contribution in [1.82, 2.24) is 10.3 Å². The van der Waals surface area contributed by atoms with E-state index >= 15 is 0 Å². The molecule has 2 rings (SSSR count). The number of pyridine rings is 1. The summed E-state index contributed by atoms with van der Waals surface area (Å²) < 4.78 is 5.12. The molecule has 0 aromatic carbocycles. The number of methoxy groups -OCH3 is 1. The van der Waals surface area contributed by atoms with E-state index in [4.69, 9.17) is 4.74 Å². The highest BCUT2D eigenvalue weighted by Crippen LogP contribution is 2.29. The maximum Gasteiger partial charge on any atom is 0.213 e. The Morgan fingerprint density at radius 2 is 2.00 bits per heavy atom. The van der Waals surface area contributed by atoms with Gasteiger partial charge in [0.05, 0.1) is 7.11 Å². The van der Waals surface area contributed by atoms with Crippen molar-refractivity contribution in [2.75, 3.05) is 7.11 Å². The van der Waals surface area contributed by atoms with Crippen molar-refractivity contribution < 1.29 is 4.74 Å². The van der Waals surface area contributed by atoms with Crippen molar-refractivity contribution >= 4 is 11.3 Å². The van der Waals surface area contributed by atoms with Gasteiger partial charge in [0, 0.05) is 35.1 Å². The summed E-state index contributed by atoms with van der Waals surface area (Å²) in [5.41, 5.74) is 1.42. The van der Waals surface area contributed by atoms with Crippen molar-refractivity contribution in [1.29, 1.82) is 0 Å². The summed E-state index contributed by atoms with van der Waals surface area (Å²) in [5, 5.41) is 3.46. The van der Waals surface area contributed by atoms with Crippen LogP contribution < -0.4 is 10.1 Å². The number of thiophene rings is 1. The molecule has 0 amide bonds. The molecule has 3 nitrogen and oxygen atoms in total. The van der Waals surface area contributed by atoms with E-state index in [1.54, 1.807) is 13.3 Å². The SMILES string of the molecule is COc1cc(CNCc2ccc(C(C)(C)C)s2)ccn1. The van der Waals surface area contributed by atoms with E-state index in [1.165, 1.54) is 15.3 Å². The van der Waals surface area contributed by atoms with E-state index in [-0.39, 0.29) is 5.41 Å². The van der Waals surface area contributed by atoms with Crippen LogP contribution in [0.3, 0.4) is 0 Å². The predicted octanol–water partition coefficient (Wildman–Crippen LogP) is 3.74. The minimum Gasteiger partial charge on any atom is -0.481 e. The molecule has 2 heterocycles. The molecule has 1 N–H and O–H groups in total. The molecule has 0 saturated heterocycles. The van der Waals surface area contributed by atoms with E-state index in [0.29, 0.717) is 5.88 Å². The van der Waals surface area contributed by atoms with Gasteiger partial charge in [-0.05, 0) is 29.2 Å². The largest absolute Gasteiger partial charge is 0.481 e. The molecule has 0 aliphatic carbocycles. The smallest absolute Gasteiger partial charge is 0.213 e. The Hall–Kier alpha value is -1.39. The molecular weight excluding hydrogens is 268 g/mol. The summed E-state index contributed by atoms with van der Waals surface area (Å²) in [5.74, 6) is 0.662. The maximum absolute atomic E-state index is 5.12. The van der Waals surface area contributed by atoms with Gasteiger partial charge in [-0.2, -0.15) is 0 Å². The van der Waals surface area contributed by atoms with E-state index in [9.17, 15) is 0 Å². The van der Waals surface area contributed by atoms with Crippen molar-refractivity contribution in [3.63, 3.8) is 0 Å². The number of aromatic nitrogens is 1. The lowest BCUT2D eigenvalue weighted by atomic mass is 9.95. The lowest BCUT2D eigenvalue weighted by Gasteiger charge is -2.15. The minimum absolute atomic E-state index is 0.237. The van der Waals surface area contributed by atoms with Crippen LogP contribution in [0.4, 0.5) is 0 Å². The van der Waals surface area contributed by atoms with Crippen LogP contribution in [0.5, 0.6) is 5.88 Å². The second-order valence-corrected chi connectivity index (χ2v) is 6.99. The standard InChI is InChI=1S/C16H22N2OS/c1-16(2,3)14-6-5-13(20-14)11-17-10-12-7-8-18-15(9-12)19-4/h5-9,17H,10-11H2,1-4H3. The molecule has 0 saturated carbocycles. The predicted molar refractivity (Wildman–Crippen MR) is 84.4 cm³/mol. The molecule has 0 aliphatic heterocycles. The number of ether oxygens (including phenoxy) is 1. The molecular formula is C16H22N2OS. The summed E-state index contributed by atoms with van der Waals surface area (Å²) in [6, 6.07) is 8.41. The van der Waals surface area contributed by atoms with Crippen molar-refractivity contribution in [3.8, 4) is 5.88 Å². The summed E-state index contributed by atoms with van der Waals surface area (Å²) >= 11 is 1.88. The molecule has 20 heavy (non-hydrogen) atoms.